The summed E-state index contributed by atoms with van der Waals surface area (Å²) < 4.78 is 6.64. The van der Waals surface area contributed by atoms with Gasteiger partial charge in [-0.2, -0.15) is 5.10 Å². The molecule has 3 N–H and O–H groups in total. The number of fused-ring (bicyclic) bond motifs is 1. The molecule has 1 fully saturated rings. The lowest BCUT2D eigenvalue weighted by atomic mass is 9.96. The molecule has 0 spiro atoms. The molecule has 0 saturated carbocycles. The van der Waals surface area contributed by atoms with E-state index in [-0.39, 0.29) is 42.9 Å². The Kier molecular flexibility index (Phi) is 10.2. The number of methoxy groups -OCH3 is 1. The highest BCUT2D eigenvalue weighted by molar-refractivity contribution is 9.10. The lowest BCUT2D eigenvalue weighted by Gasteiger charge is -2.29. The molecular weight excluding hydrogens is 542 g/mol. The number of hydrogen-bond acceptors (Lipinski definition) is 8. The average Bonchev–Trinajstić information content (AvgIpc) is 2.84. The Balaban J connectivity index is 1.75. The third-order valence-electron chi connectivity index (χ3n) is 5.82. The van der Waals surface area contributed by atoms with Crippen LogP contribution in [0, 0.1) is 0 Å². The smallest absolute Gasteiger partial charge is 0.305 e. The van der Waals surface area contributed by atoms with Crippen LogP contribution in [0.2, 0.25) is 5.02 Å². The lowest BCUT2D eigenvalue weighted by Crippen LogP contribution is -2.46. The van der Waals surface area contributed by atoms with Crippen molar-refractivity contribution in [3.63, 3.8) is 0 Å². The van der Waals surface area contributed by atoms with Crippen molar-refractivity contribution in [3.8, 4) is 0 Å². The lowest BCUT2D eigenvalue weighted by molar-refractivity contribution is -0.140. The summed E-state index contributed by atoms with van der Waals surface area (Å²) in [5.74, 6) is -0.613. The molecule has 1 aromatic heterocycles. The van der Waals surface area contributed by atoms with Gasteiger partial charge in [-0.1, -0.05) is 11.6 Å². The molecule has 2 atom stereocenters. The summed E-state index contributed by atoms with van der Waals surface area (Å²) in [6.07, 6.45) is 4.26. The summed E-state index contributed by atoms with van der Waals surface area (Å²) in [6, 6.07) is 3.00. The molecule has 2 heterocycles. The van der Waals surface area contributed by atoms with Crippen molar-refractivity contribution >= 4 is 56.0 Å². The predicted octanol–water partition coefficient (Wildman–Crippen LogP) is 2.52. The van der Waals surface area contributed by atoms with E-state index < -0.39 is 6.10 Å². The Labute approximate surface area is 216 Å². The zero-order valence-corrected chi connectivity index (χ0v) is 21.8. The van der Waals surface area contributed by atoms with Crippen LogP contribution in [-0.2, 0) is 20.9 Å². The Morgan fingerprint density at radius 2 is 2.14 bits per heavy atom. The third-order valence-corrected chi connectivity index (χ3v) is 7.02. The van der Waals surface area contributed by atoms with E-state index in [4.69, 9.17) is 11.6 Å². The Morgan fingerprint density at radius 1 is 1.37 bits per heavy atom. The molecule has 1 aromatic carbocycles. The van der Waals surface area contributed by atoms with Gasteiger partial charge < -0.3 is 15.2 Å². The maximum absolute atomic E-state index is 13.1. The van der Waals surface area contributed by atoms with Crippen molar-refractivity contribution in [1.82, 2.24) is 20.3 Å². The number of hydrazone groups is 1. The number of halogens is 2. The number of ether oxygens (including phenoxy) is 1. The number of aromatic nitrogens is 2. The van der Waals surface area contributed by atoms with Gasteiger partial charge in [0.15, 0.2) is 0 Å². The van der Waals surface area contributed by atoms with E-state index in [2.05, 4.69) is 41.5 Å². The molecule has 190 valence electrons. The van der Waals surface area contributed by atoms with Crippen molar-refractivity contribution < 1.29 is 19.4 Å². The predicted molar refractivity (Wildman–Crippen MR) is 136 cm³/mol. The second kappa shape index (κ2) is 13.1. The molecule has 1 amide bonds. The van der Waals surface area contributed by atoms with Crippen molar-refractivity contribution in [1.29, 1.82) is 0 Å². The molecule has 0 unspecified atom stereocenters. The van der Waals surface area contributed by atoms with Gasteiger partial charge in [-0.05, 0) is 60.3 Å². The van der Waals surface area contributed by atoms with Crippen LogP contribution >= 0.6 is 27.5 Å². The Hall–Kier alpha value is -2.34. The molecule has 3 rings (SSSR count). The SMILES string of the molecule is COC(=O)CCCCC(=O)N/N=C(/C[C@@H]1NCCC[C@H]1O)Cn1cnc2cc(Br)c(Cl)cc2c1=O. The monoisotopic (exact) mass is 569 g/mol. The van der Waals surface area contributed by atoms with E-state index in [0.29, 0.717) is 51.8 Å². The fraction of sp³-hybridized carbons (Fsp3) is 0.522. The first-order valence-corrected chi connectivity index (χ1v) is 12.6. The number of aliphatic hydroxyl groups is 1. The summed E-state index contributed by atoms with van der Waals surface area (Å²) in [5.41, 5.74) is 3.27. The van der Waals surface area contributed by atoms with Crippen LogP contribution in [0.15, 0.2) is 32.8 Å². The number of nitrogens with one attached hydrogen (secondary N) is 2. The van der Waals surface area contributed by atoms with Gasteiger partial charge in [-0.15, -0.1) is 0 Å². The maximum atomic E-state index is 13.1. The first-order chi connectivity index (χ1) is 16.8. The van der Waals surface area contributed by atoms with Crippen molar-refractivity contribution in [3.05, 3.63) is 38.3 Å². The molecule has 0 radical (unpaired) electrons. The first kappa shape index (κ1) is 27.3. The number of benzene rings is 1. The molecule has 12 heteroatoms. The molecule has 1 aliphatic heterocycles. The summed E-state index contributed by atoms with van der Waals surface area (Å²) in [5, 5.41) is 18.7. The van der Waals surface area contributed by atoms with E-state index >= 15 is 0 Å². The molecule has 1 saturated heterocycles. The van der Waals surface area contributed by atoms with Gasteiger partial charge in [0.2, 0.25) is 5.91 Å². The quantitative estimate of drug-likeness (QED) is 0.173. The van der Waals surface area contributed by atoms with Gasteiger partial charge in [-0.3, -0.25) is 19.0 Å². The van der Waals surface area contributed by atoms with Crippen molar-refractivity contribution in [2.75, 3.05) is 13.7 Å². The molecule has 1 aliphatic rings. The normalized spacial score (nSPS) is 18.5. The Morgan fingerprint density at radius 3 is 2.89 bits per heavy atom. The van der Waals surface area contributed by atoms with Gasteiger partial charge in [0, 0.05) is 29.8 Å². The van der Waals surface area contributed by atoms with Crippen LogP contribution in [0.4, 0.5) is 0 Å². The highest BCUT2D eigenvalue weighted by Crippen LogP contribution is 2.25. The van der Waals surface area contributed by atoms with E-state index in [9.17, 15) is 19.5 Å². The number of amides is 1. The third kappa shape index (κ3) is 7.83. The topological polar surface area (TPSA) is 135 Å². The fourth-order valence-corrected chi connectivity index (χ4v) is 4.36. The van der Waals surface area contributed by atoms with Crippen molar-refractivity contribution in [2.24, 2.45) is 5.10 Å². The van der Waals surface area contributed by atoms with Gasteiger partial charge in [0.05, 0.1) is 47.7 Å². The number of unbranched alkanes of at least 4 members (excludes halogenated alkanes) is 1. The molecule has 0 aliphatic carbocycles. The number of carbonyl (C=O) groups is 2. The van der Waals surface area contributed by atoms with E-state index in [1.54, 1.807) is 12.1 Å². The van der Waals surface area contributed by atoms with Gasteiger partial charge in [0.25, 0.3) is 5.56 Å². The summed E-state index contributed by atoms with van der Waals surface area (Å²) in [6.45, 7) is 0.857. The van der Waals surface area contributed by atoms with Crippen LogP contribution < -0.4 is 16.3 Å². The second-order valence-corrected chi connectivity index (χ2v) is 9.69. The van der Waals surface area contributed by atoms with Gasteiger partial charge in [-0.25, -0.2) is 10.4 Å². The summed E-state index contributed by atoms with van der Waals surface area (Å²) in [7, 11) is 1.33. The van der Waals surface area contributed by atoms with E-state index in [1.807, 2.05) is 0 Å². The van der Waals surface area contributed by atoms with Gasteiger partial charge >= 0.3 is 5.97 Å². The van der Waals surface area contributed by atoms with Crippen LogP contribution in [0.25, 0.3) is 10.9 Å². The highest BCUT2D eigenvalue weighted by atomic mass is 79.9. The standard InChI is InChI=1S/C23H29BrClN5O5/c1-35-22(33)7-3-2-6-21(32)29-28-14(9-19-20(31)5-4-8-26-19)12-30-13-27-18-11-16(24)17(25)10-15(18)23(30)34/h10-11,13,19-20,26,31H,2-9,12H2,1H3,(H,29,32)/b28-14-/t19-,20+/m0/s1. The van der Waals surface area contributed by atoms with Crippen molar-refractivity contribution in [2.45, 2.75) is 63.6 Å². The van der Waals surface area contributed by atoms with Crippen LogP contribution in [0.3, 0.4) is 0 Å². The average molecular weight is 571 g/mol. The minimum absolute atomic E-state index is 0.0863. The number of nitrogens with zero attached hydrogens (tertiary/aromatic N) is 3. The zero-order valence-electron chi connectivity index (χ0n) is 19.4. The zero-order chi connectivity index (χ0) is 25.4. The molecule has 35 heavy (non-hydrogen) atoms. The maximum Gasteiger partial charge on any atom is 0.305 e. The van der Waals surface area contributed by atoms with E-state index in [1.165, 1.54) is 18.0 Å². The Bertz CT molecular complexity index is 1160. The molecule has 10 nitrogen and oxygen atoms in total. The van der Waals surface area contributed by atoms with E-state index in [0.717, 1.165) is 13.0 Å². The number of esters is 1. The first-order valence-electron chi connectivity index (χ1n) is 11.4. The minimum atomic E-state index is -0.550. The number of hydrogen-bond donors (Lipinski definition) is 3. The summed E-state index contributed by atoms with van der Waals surface area (Å²) >= 11 is 9.50. The van der Waals surface area contributed by atoms with Crippen LogP contribution in [0.1, 0.15) is 44.9 Å². The minimum Gasteiger partial charge on any atom is -0.469 e. The molecule has 2 aromatic rings. The fourth-order valence-electron chi connectivity index (χ4n) is 3.86. The number of aliphatic hydroxyl groups excluding tert-OH is 1. The molecule has 0 bridgehead atoms. The van der Waals surface area contributed by atoms with Crippen LogP contribution in [-0.4, -0.2) is 58.0 Å². The largest absolute Gasteiger partial charge is 0.469 e. The second-order valence-electron chi connectivity index (χ2n) is 8.43. The summed E-state index contributed by atoms with van der Waals surface area (Å²) in [4.78, 5) is 40.9. The number of carbonyl (C=O) groups excluding carboxylic acids is 2. The number of rotatable bonds is 10. The molecular formula is C23H29BrClN5O5. The number of piperidine rings is 1. The van der Waals surface area contributed by atoms with Crippen LogP contribution in [0.5, 0.6) is 0 Å². The van der Waals surface area contributed by atoms with Gasteiger partial charge in [0.1, 0.15) is 0 Å². The highest BCUT2D eigenvalue weighted by Gasteiger charge is 2.24.